The summed E-state index contributed by atoms with van der Waals surface area (Å²) in [6.07, 6.45) is 12.8. The van der Waals surface area contributed by atoms with Gasteiger partial charge in [0.25, 0.3) is 0 Å². The zero-order chi connectivity index (χ0) is 23.8. The second-order valence-electron chi connectivity index (χ2n) is 8.12. The molecule has 0 aromatic carbocycles. The van der Waals surface area contributed by atoms with E-state index in [4.69, 9.17) is 0 Å². The molecule has 0 spiro atoms. The first-order valence-corrected chi connectivity index (χ1v) is 11.2. The lowest BCUT2D eigenvalue weighted by molar-refractivity contribution is -0.115. The van der Waals surface area contributed by atoms with Crippen molar-refractivity contribution in [3.63, 3.8) is 0 Å². The lowest BCUT2D eigenvalue weighted by Crippen LogP contribution is -2.09. The molecule has 3 N–H and O–H groups in total. The van der Waals surface area contributed by atoms with Crippen molar-refractivity contribution in [2.45, 2.75) is 13.3 Å². The summed E-state index contributed by atoms with van der Waals surface area (Å²) in [6, 6.07) is 9.93. The van der Waals surface area contributed by atoms with Crippen LogP contribution in [-0.2, 0) is 4.79 Å². The molecule has 0 unspecified atom stereocenters. The van der Waals surface area contributed by atoms with E-state index in [1.54, 1.807) is 31.0 Å². The summed E-state index contributed by atoms with van der Waals surface area (Å²) < 4.78 is 0. The fourth-order valence-electron chi connectivity index (χ4n) is 4.12. The Bertz CT molecular complexity index is 1690. The highest BCUT2D eigenvalue weighted by Crippen LogP contribution is 2.34. The molecule has 6 aromatic rings. The number of H-pyrrole nitrogens is 2. The molecule has 9 heteroatoms. The molecule has 0 saturated heterocycles. The lowest BCUT2D eigenvalue weighted by Gasteiger charge is -2.06. The molecule has 6 aromatic heterocycles. The minimum Gasteiger partial charge on any atom is -0.352 e. The van der Waals surface area contributed by atoms with Crippen molar-refractivity contribution in [2.75, 3.05) is 5.32 Å². The van der Waals surface area contributed by atoms with E-state index in [1.165, 1.54) is 0 Å². The van der Waals surface area contributed by atoms with E-state index in [0.29, 0.717) is 17.8 Å². The smallest absolute Gasteiger partial charge is 0.224 e. The average Bonchev–Trinajstić information content (AvgIpc) is 3.53. The Hall–Kier alpha value is -4.92. The molecule has 0 bridgehead atoms. The van der Waals surface area contributed by atoms with Crippen LogP contribution in [0.4, 0.5) is 5.69 Å². The molecule has 0 aliphatic carbocycles. The van der Waals surface area contributed by atoms with E-state index in [2.05, 4.69) is 46.5 Å². The van der Waals surface area contributed by atoms with Crippen LogP contribution in [-0.4, -0.2) is 41.0 Å². The molecule has 9 nitrogen and oxygen atoms in total. The molecular formula is C26H20N8O. The largest absolute Gasteiger partial charge is 0.352 e. The normalized spacial score (nSPS) is 11.2. The number of anilines is 1. The molecule has 35 heavy (non-hydrogen) atoms. The van der Waals surface area contributed by atoms with E-state index in [0.717, 1.165) is 49.9 Å². The summed E-state index contributed by atoms with van der Waals surface area (Å²) in [4.78, 5) is 32.6. The number of nitrogens with one attached hydrogen (secondary N) is 3. The first-order chi connectivity index (χ1) is 17.2. The maximum absolute atomic E-state index is 11.8. The van der Waals surface area contributed by atoms with Crippen molar-refractivity contribution < 1.29 is 4.79 Å². The van der Waals surface area contributed by atoms with Gasteiger partial charge in [-0.25, -0.2) is 4.98 Å². The zero-order valence-electron chi connectivity index (χ0n) is 18.8. The van der Waals surface area contributed by atoms with E-state index >= 15 is 0 Å². The van der Waals surface area contributed by atoms with Crippen molar-refractivity contribution in [1.82, 2.24) is 35.1 Å². The lowest BCUT2D eigenvalue weighted by atomic mass is 10.0. The molecule has 0 aliphatic rings. The summed E-state index contributed by atoms with van der Waals surface area (Å²) >= 11 is 0. The van der Waals surface area contributed by atoms with E-state index in [9.17, 15) is 4.79 Å². The summed E-state index contributed by atoms with van der Waals surface area (Å²) in [5, 5.41) is 12.3. The highest BCUT2D eigenvalue weighted by molar-refractivity contribution is 6.00. The Morgan fingerprint density at radius 2 is 1.71 bits per heavy atom. The van der Waals surface area contributed by atoms with E-state index in [1.807, 2.05) is 43.6 Å². The van der Waals surface area contributed by atoms with Gasteiger partial charge in [0, 0.05) is 64.9 Å². The van der Waals surface area contributed by atoms with Gasteiger partial charge >= 0.3 is 0 Å². The van der Waals surface area contributed by atoms with Crippen molar-refractivity contribution in [2.24, 2.45) is 0 Å². The van der Waals surface area contributed by atoms with Crippen molar-refractivity contribution in [1.29, 1.82) is 0 Å². The minimum absolute atomic E-state index is 0.0610. The summed E-state index contributed by atoms with van der Waals surface area (Å²) in [5.74, 6) is -0.0610. The first-order valence-electron chi connectivity index (χ1n) is 11.2. The molecule has 0 fully saturated rings. The van der Waals surface area contributed by atoms with E-state index in [-0.39, 0.29) is 5.91 Å². The number of rotatable bonds is 5. The van der Waals surface area contributed by atoms with Crippen molar-refractivity contribution in [3.05, 3.63) is 73.7 Å². The van der Waals surface area contributed by atoms with Gasteiger partial charge in [0.2, 0.25) is 5.91 Å². The fraction of sp³-hybridized carbons (Fsp3) is 0.0769. The fourth-order valence-corrected chi connectivity index (χ4v) is 4.12. The van der Waals surface area contributed by atoms with Crippen LogP contribution in [0, 0.1) is 0 Å². The number of nitrogens with zero attached hydrogens (tertiary/aromatic N) is 5. The molecule has 0 saturated carbocycles. The highest BCUT2D eigenvalue weighted by atomic mass is 16.1. The van der Waals surface area contributed by atoms with Crippen LogP contribution < -0.4 is 5.32 Å². The van der Waals surface area contributed by atoms with Gasteiger partial charge in [0.15, 0.2) is 5.65 Å². The Kier molecular flexibility index (Phi) is 4.99. The van der Waals surface area contributed by atoms with Crippen LogP contribution >= 0.6 is 0 Å². The highest BCUT2D eigenvalue weighted by Gasteiger charge is 2.15. The molecule has 170 valence electrons. The second kappa shape index (κ2) is 8.45. The van der Waals surface area contributed by atoms with Gasteiger partial charge in [0.05, 0.1) is 29.3 Å². The Balaban J connectivity index is 1.43. The Morgan fingerprint density at radius 3 is 2.57 bits per heavy atom. The van der Waals surface area contributed by atoms with Crippen LogP contribution in [0.25, 0.3) is 55.6 Å². The standard InChI is InChI=1S/C26H20N8O/c1-2-24(35)31-18-7-16(10-28-12-18)17-8-20-25(33-34-26(20)30-11-17)22-9-19-21(13-29-14-23(19)32-22)15-3-5-27-6-4-15/h3-14,32H,2H2,1H3,(H,31,35)(H,30,33,34). The third kappa shape index (κ3) is 3.78. The summed E-state index contributed by atoms with van der Waals surface area (Å²) in [5.41, 5.74) is 7.64. The number of hydrogen-bond acceptors (Lipinski definition) is 6. The van der Waals surface area contributed by atoms with Gasteiger partial charge in [-0.2, -0.15) is 5.10 Å². The monoisotopic (exact) mass is 460 g/mol. The first kappa shape index (κ1) is 20.7. The quantitative estimate of drug-likeness (QED) is 0.333. The topological polar surface area (TPSA) is 125 Å². The number of aromatic amines is 2. The zero-order valence-corrected chi connectivity index (χ0v) is 18.8. The maximum Gasteiger partial charge on any atom is 0.224 e. The van der Waals surface area contributed by atoms with Gasteiger partial charge in [-0.3, -0.25) is 24.8 Å². The molecule has 6 heterocycles. The van der Waals surface area contributed by atoms with Gasteiger partial charge in [-0.15, -0.1) is 0 Å². The molecular weight excluding hydrogens is 440 g/mol. The SMILES string of the molecule is CCC(=O)Nc1cncc(-c2cnc3[nH]nc(-c4cc5c(-c6ccncc6)cncc5[nH]4)c3c2)c1. The van der Waals surface area contributed by atoms with Gasteiger partial charge in [-0.05, 0) is 35.9 Å². The van der Waals surface area contributed by atoms with Gasteiger partial charge in [0.1, 0.15) is 5.69 Å². The third-order valence-electron chi connectivity index (χ3n) is 5.88. The number of amides is 1. The van der Waals surface area contributed by atoms with E-state index < -0.39 is 0 Å². The maximum atomic E-state index is 11.8. The molecule has 0 radical (unpaired) electrons. The Morgan fingerprint density at radius 1 is 0.886 bits per heavy atom. The summed E-state index contributed by atoms with van der Waals surface area (Å²) in [6.45, 7) is 1.81. The third-order valence-corrected chi connectivity index (χ3v) is 5.88. The predicted octanol–water partition coefficient (Wildman–Crippen LogP) is 4.97. The van der Waals surface area contributed by atoms with Gasteiger partial charge < -0.3 is 10.3 Å². The van der Waals surface area contributed by atoms with Crippen molar-refractivity contribution >= 4 is 33.5 Å². The number of fused-ring (bicyclic) bond motifs is 2. The van der Waals surface area contributed by atoms with Crippen LogP contribution in [0.5, 0.6) is 0 Å². The molecule has 0 atom stereocenters. The summed E-state index contributed by atoms with van der Waals surface area (Å²) in [7, 11) is 0. The minimum atomic E-state index is -0.0610. The number of aromatic nitrogens is 7. The number of pyridine rings is 4. The average molecular weight is 461 g/mol. The Labute approximate surface area is 199 Å². The number of carbonyl (C=O) groups is 1. The number of carbonyl (C=O) groups excluding carboxylic acids is 1. The van der Waals surface area contributed by atoms with Crippen LogP contribution in [0.15, 0.2) is 73.7 Å². The van der Waals surface area contributed by atoms with Crippen LogP contribution in [0.1, 0.15) is 13.3 Å². The predicted molar refractivity (Wildman–Crippen MR) is 134 cm³/mol. The second-order valence-corrected chi connectivity index (χ2v) is 8.12. The number of hydrogen-bond donors (Lipinski definition) is 3. The van der Waals surface area contributed by atoms with Crippen LogP contribution in [0.2, 0.25) is 0 Å². The van der Waals surface area contributed by atoms with Crippen LogP contribution in [0.3, 0.4) is 0 Å². The molecule has 1 amide bonds. The molecule has 0 aliphatic heterocycles. The molecule has 6 rings (SSSR count). The van der Waals surface area contributed by atoms with Gasteiger partial charge in [-0.1, -0.05) is 6.92 Å². The van der Waals surface area contributed by atoms with Crippen molar-refractivity contribution in [3.8, 4) is 33.6 Å².